The maximum atomic E-state index is 11.7. The van der Waals surface area contributed by atoms with Gasteiger partial charge >= 0.3 is 0 Å². The summed E-state index contributed by atoms with van der Waals surface area (Å²) >= 11 is 6.16. The molecule has 0 saturated carbocycles. The van der Waals surface area contributed by atoms with Crippen molar-refractivity contribution in [3.63, 3.8) is 0 Å². The van der Waals surface area contributed by atoms with Gasteiger partial charge in [-0.15, -0.1) is 0 Å². The zero-order valence-electron chi connectivity index (χ0n) is 16.6. The Morgan fingerprint density at radius 2 is 1.81 bits per heavy atom. The molecular weight excluding hydrogens is 434 g/mol. The lowest BCUT2D eigenvalue weighted by Gasteiger charge is -2.48. The monoisotopic (exact) mass is 447 g/mol. The van der Waals surface area contributed by atoms with Crippen LogP contribution in [0, 0.1) is 66.3 Å². The molecule has 2 aliphatic heterocycles. The Morgan fingerprint density at radius 1 is 1.12 bits per heavy atom. The summed E-state index contributed by atoms with van der Waals surface area (Å²) in [4.78, 5) is 11.1. The van der Waals surface area contributed by atoms with E-state index in [0.717, 1.165) is 0 Å². The number of benzene rings is 2. The molecule has 9 nitrogen and oxygen atoms in total. The van der Waals surface area contributed by atoms with Gasteiger partial charge in [-0.1, -0.05) is 42.8 Å². The van der Waals surface area contributed by atoms with Crippen molar-refractivity contribution in [2.24, 2.45) is 16.7 Å². The average Bonchev–Trinajstić information content (AvgIpc) is 2.95. The van der Waals surface area contributed by atoms with Crippen LogP contribution in [-0.2, 0) is 15.3 Å². The first-order chi connectivity index (χ1) is 15.2. The topological polar surface area (TPSA) is 157 Å². The average molecular weight is 448 g/mol. The molecule has 10 heteroatoms. The molecule has 4 atom stereocenters. The number of halogens is 1. The van der Waals surface area contributed by atoms with E-state index in [1.54, 1.807) is 25.1 Å². The van der Waals surface area contributed by atoms with E-state index in [-0.39, 0.29) is 11.3 Å². The van der Waals surface area contributed by atoms with Gasteiger partial charge in [0.15, 0.2) is 5.41 Å². The number of hydrogen-bond acceptors (Lipinski definition) is 8. The van der Waals surface area contributed by atoms with Crippen LogP contribution in [-0.4, -0.2) is 10.8 Å². The van der Waals surface area contributed by atoms with E-state index in [0.29, 0.717) is 10.6 Å². The molecule has 32 heavy (non-hydrogen) atoms. The Balaban J connectivity index is 2.09. The lowest BCUT2D eigenvalue weighted by molar-refractivity contribution is -0.387. The highest BCUT2D eigenvalue weighted by atomic mass is 35.5. The van der Waals surface area contributed by atoms with Crippen molar-refractivity contribution in [1.29, 1.82) is 21.2 Å². The highest BCUT2D eigenvalue weighted by molar-refractivity contribution is 6.30. The van der Waals surface area contributed by atoms with Gasteiger partial charge in [-0.05, 0) is 18.2 Å². The lowest BCUT2D eigenvalue weighted by atomic mass is 9.53. The third kappa shape index (κ3) is 2.37. The van der Waals surface area contributed by atoms with Crippen molar-refractivity contribution in [3.8, 4) is 18.2 Å². The maximum absolute atomic E-state index is 11.7. The van der Waals surface area contributed by atoms with Crippen LogP contribution in [0.1, 0.15) is 24.2 Å². The number of rotatable bonds is 3. The molecular formula is C22H14ClN5O4. The Kier molecular flexibility index (Phi) is 4.67. The van der Waals surface area contributed by atoms with Gasteiger partial charge in [-0.2, -0.15) is 15.8 Å². The van der Waals surface area contributed by atoms with E-state index in [2.05, 4.69) is 0 Å². The van der Waals surface area contributed by atoms with Crippen molar-refractivity contribution < 1.29 is 14.4 Å². The van der Waals surface area contributed by atoms with Crippen molar-refractivity contribution >= 4 is 23.2 Å². The number of nitrogens with zero attached hydrogens (tertiary/aromatic N) is 4. The van der Waals surface area contributed by atoms with Gasteiger partial charge in [0, 0.05) is 16.7 Å². The second-order valence-electron chi connectivity index (χ2n) is 7.60. The second-order valence-corrected chi connectivity index (χ2v) is 8.03. The lowest BCUT2D eigenvalue weighted by Crippen LogP contribution is -2.57. The van der Waals surface area contributed by atoms with Crippen LogP contribution in [0.3, 0.4) is 0 Å². The quantitative estimate of drug-likeness (QED) is 0.540. The fourth-order valence-electron chi connectivity index (χ4n) is 4.73. The molecule has 0 aromatic heterocycles. The van der Waals surface area contributed by atoms with Gasteiger partial charge in [0.2, 0.25) is 17.1 Å². The zero-order valence-corrected chi connectivity index (χ0v) is 17.3. The molecule has 2 fully saturated rings. The Labute approximate surface area is 187 Å². The SMILES string of the molecule is CC1C2(c3cccc(Cl)c3)OC(=N)C1(C#N)C(C#N)(C#N)C(c1ccccc1[N+](=O)[O-])O2. The Morgan fingerprint density at radius 3 is 2.41 bits per heavy atom. The van der Waals surface area contributed by atoms with E-state index < -0.39 is 39.5 Å². The van der Waals surface area contributed by atoms with E-state index in [1.165, 1.54) is 30.3 Å². The summed E-state index contributed by atoms with van der Waals surface area (Å²) in [5, 5.41) is 51.3. The maximum Gasteiger partial charge on any atom is 0.275 e. The van der Waals surface area contributed by atoms with Crippen molar-refractivity contribution in [2.45, 2.75) is 18.8 Å². The summed E-state index contributed by atoms with van der Waals surface area (Å²) in [6.07, 6.45) is -1.57. The largest absolute Gasteiger partial charge is 0.443 e. The van der Waals surface area contributed by atoms with Crippen molar-refractivity contribution in [3.05, 3.63) is 74.8 Å². The standard InChI is InChI=1S/C22H14ClN5O4/c1-13-21(12-26)19(27)32-22(13,14-5-4-6-15(23)9-14)31-18(20(21,10-24)11-25)16-7-2-3-8-17(16)28(29)30/h2-9,13,18,27H,1H3. The van der Waals surface area contributed by atoms with E-state index in [4.69, 9.17) is 26.5 Å². The summed E-state index contributed by atoms with van der Waals surface area (Å²) in [5.74, 6) is -3.38. The van der Waals surface area contributed by atoms with Crippen LogP contribution >= 0.6 is 11.6 Å². The van der Waals surface area contributed by atoms with Crippen LogP contribution in [0.15, 0.2) is 48.5 Å². The molecule has 2 heterocycles. The number of nitro benzene ring substituents is 1. The molecule has 2 aromatic carbocycles. The molecule has 0 amide bonds. The van der Waals surface area contributed by atoms with Crippen LogP contribution in [0.4, 0.5) is 5.69 Å². The molecule has 4 rings (SSSR count). The first-order valence-electron chi connectivity index (χ1n) is 9.43. The Hall–Kier alpha value is -3.97. The summed E-state index contributed by atoms with van der Waals surface area (Å²) in [6, 6.07) is 17.6. The molecule has 158 valence electrons. The number of fused-ring (bicyclic) bond motifs is 2. The van der Waals surface area contributed by atoms with Gasteiger partial charge in [0.05, 0.1) is 34.6 Å². The smallest absolute Gasteiger partial charge is 0.275 e. The first kappa shape index (κ1) is 21.3. The third-order valence-electron chi connectivity index (χ3n) is 6.31. The van der Waals surface area contributed by atoms with Crippen LogP contribution in [0.5, 0.6) is 0 Å². The summed E-state index contributed by atoms with van der Waals surface area (Å²) in [7, 11) is 0. The fraction of sp³-hybridized carbons (Fsp3) is 0.273. The minimum absolute atomic E-state index is 0.0724. The van der Waals surface area contributed by atoms with E-state index in [9.17, 15) is 25.9 Å². The number of nitro groups is 1. The summed E-state index contributed by atoms with van der Waals surface area (Å²) in [6.45, 7) is 1.55. The second kappa shape index (κ2) is 7.03. The molecule has 0 spiro atoms. The first-order valence-corrected chi connectivity index (χ1v) is 9.81. The number of ether oxygens (including phenoxy) is 2. The normalized spacial score (nSPS) is 29.8. The molecule has 2 saturated heterocycles. The minimum Gasteiger partial charge on any atom is -0.443 e. The predicted molar refractivity (Wildman–Crippen MR) is 110 cm³/mol. The minimum atomic E-state index is -2.30. The van der Waals surface area contributed by atoms with Crippen molar-refractivity contribution in [1.82, 2.24) is 0 Å². The summed E-state index contributed by atoms with van der Waals surface area (Å²) in [5.41, 5.74) is -4.47. The number of hydrogen-bond donors (Lipinski definition) is 1. The highest BCUT2D eigenvalue weighted by Crippen LogP contribution is 2.69. The molecule has 2 aromatic rings. The summed E-state index contributed by atoms with van der Waals surface area (Å²) < 4.78 is 12.1. The van der Waals surface area contributed by atoms with Crippen LogP contribution in [0.25, 0.3) is 0 Å². The molecule has 1 N–H and O–H groups in total. The molecule has 4 unspecified atom stereocenters. The Bertz CT molecular complexity index is 1280. The molecule has 2 aliphatic rings. The fourth-order valence-corrected chi connectivity index (χ4v) is 4.92. The van der Waals surface area contributed by atoms with Gasteiger partial charge in [-0.3, -0.25) is 15.5 Å². The molecule has 2 bridgehead atoms. The van der Waals surface area contributed by atoms with Crippen LogP contribution in [0.2, 0.25) is 5.02 Å². The zero-order chi connectivity index (χ0) is 23.3. The highest BCUT2D eigenvalue weighted by Gasteiger charge is 2.80. The van der Waals surface area contributed by atoms with E-state index in [1.807, 2.05) is 18.2 Å². The molecule has 0 aliphatic carbocycles. The van der Waals surface area contributed by atoms with Gasteiger partial charge in [0.1, 0.15) is 6.10 Å². The number of para-hydroxylation sites is 1. The van der Waals surface area contributed by atoms with Crippen molar-refractivity contribution in [2.75, 3.05) is 0 Å². The third-order valence-corrected chi connectivity index (χ3v) is 6.55. The van der Waals surface area contributed by atoms with Gasteiger partial charge < -0.3 is 9.47 Å². The number of nitriles is 3. The number of nitrogens with one attached hydrogen (secondary N) is 1. The molecule has 0 radical (unpaired) electrons. The van der Waals surface area contributed by atoms with Gasteiger partial charge in [0.25, 0.3) is 5.69 Å². The predicted octanol–water partition coefficient (Wildman–Crippen LogP) is 4.36. The van der Waals surface area contributed by atoms with Gasteiger partial charge in [-0.25, -0.2) is 0 Å². The van der Waals surface area contributed by atoms with Crippen LogP contribution < -0.4 is 0 Å². The van der Waals surface area contributed by atoms with E-state index >= 15 is 0 Å².